The summed E-state index contributed by atoms with van der Waals surface area (Å²) < 4.78 is 6.04. The van der Waals surface area contributed by atoms with Crippen LogP contribution in [0.3, 0.4) is 0 Å². The van der Waals surface area contributed by atoms with Crippen LogP contribution < -0.4 is 9.64 Å². The van der Waals surface area contributed by atoms with E-state index in [0.717, 1.165) is 42.3 Å². The van der Waals surface area contributed by atoms with E-state index in [-0.39, 0.29) is 11.5 Å². The van der Waals surface area contributed by atoms with Crippen LogP contribution in [0.4, 0.5) is 5.69 Å². The van der Waals surface area contributed by atoms with Gasteiger partial charge in [-0.05, 0) is 54.3 Å². The minimum Gasteiger partial charge on any atom is -0.491 e. The number of anilines is 1. The van der Waals surface area contributed by atoms with Crippen LogP contribution in [-0.4, -0.2) is 31.3 Å². The largest absolute Gasteiger partial charge is 0.491 e. The summed E-state index contributed by atoms with van der Waals surface area (Å²) in [4.78, 5) is 13.4. The van der Waals surface area contributed by atoms with Crippen LogP contribution in [0.1, 0.15) is 47.2 Å². The number of nitrogens with zero attached hydrogens (tertiary/aromatic N) is 1. The van der Waals surface area contributed by atoms with E-state index in [4.69, 9.17) is 16.3 Å². The first-order valence-corrected chi connectivity index (χ1v) is 9.37. The molecule has 0 saturated carbocycles. The van der Waals surface area contributed by atoms with Gasteiger partial charge < -0.3 is 14.7 Å². The number of likely N-dealkylation sites (N-methyl/N-ethyl adjacent to an activating group) is 1. The number of carboxylic acid groups (broad SMARTS) is 1. The van der Waals surface area contributed by atoms with Gasteiger partial charge in [-0.2, -0.15) is 0 Å². The first-order valence-electron chi connectivity index (χ1n) is 8.99. The molecule has 0 spiro atoms. The molecule has 1 atom stereocenters. The summed E-state index contributed by atoms with van der Waals surface area (Å²) >= 11 is 6.22. The molecule has 1 aliphatic heterocycles. The number of aromatic carboxylic acids is 1. The number of unbranched alkanes of at least 4 members (excludes halogenated alkanes) is 1. The molecule has 4 nitrogen and oxygen atoms in total. The molecule has 0 saturated heterocycles. The Balaban J connectivity index is 1.90. The van der Waals surface area contributed by atoms with Crippen LogP contribution in [0, 0.1) is 0 Å². The number of rotatable bonds is 5. The van der Waals surface area contributed by atoms with Gasteiger partial charge >= 0.3 is 5.97 Å². The zero-order chi connectivity index (χ0) is 18.7. The van der Waals surface area contributed by atoms with Crippen molar-refractivity contribution in [1.82, 2.24) is 0 Å². The Kier molecular flexibility index (Phi) is 5.72. The van der Waals surface area contributed by atoms with E-state index in [0.29, 0.717) is 6.61 Å². The van der Waals surface area contributed by atoms with E-state index in [1.54, 1.807) is 18.2 Å². The normalized spacial score (nSPS) is 16.6. The lowest BCUT2D eigenvalue weighted by atomic mass is 9.91. The Morgan fingerprint density at radius 1 is 1.31 bits per heavy atom. The highest BCUT2D eigenvalue weighted by Crippen LogP contribution is 2.36. The van der Waals surface area contributed by atoms with Crippen LogP contribution in [0.2, 0.25) is 5.02 Å². The van der Waals surface area contributed by atoms with Gasteiger partial charge in [0.2, 0.25) is 0 Å². The summed E-state index contributed by atoms with van der Waals surface area (Å²) in [6, 6.07) is 11.1. The van der Waals surface area contributed by atoms with Crippen molar-refractivity contribution in [3.8, 4) is 5.75 Å². The van der Waals surface area contributed by atoms with Crippen LogP contribution in [0.5, 0.6) is 5.75 Å². The molecular formula is C21H24ClNO3. The number of carboxylic acids is 1. The van der Waals surface area contributed by atoms with Gasteiger partial charge in [-0.1, -0.05) is 31.0 Å². The van der Waals surface area contributed by atoms with Crippen LogP contribution in [-0.2, 0) is 6.42 Å². The number of carbonyl (C=O) groups is 1. The molecule has 0 fully saturated rings. The number of fused-ring (bicyclic) bond motifs is 1. The lowest BCUT2D eigenvalue weighted by Gasteiger charge is -2.24. The maximum absolute atomic E-state index is 11.3. The fraction of sp³-hybridized carbons (Fsp3) is 0.381. The van der Waals surface area contributed by atoms with Crippen molar-refractivity contribution in [3.63, 3.8) is 0 Å². The predicted molar refractivity (Wildman–Crippen MR) is 105 cm³/mol. The third-order valence-electron chi connectivity index (χ3n) is 4.90. The maximum Gasteiger partial charge on any atom is 0.335 e. The zero-order valence-electron chi connectivity index (χ0n) is 15.2. The van der Waals surface area contributed by atoms with Crippen molar-refractivity contribution in [3.05, 3.63) is 58.1 Å². The maximum atomic E-state index is 11.3. The van der Waals surface area contributed by atoms with Crippen LogP contribution in [0.15, 0.2) is 36.4 Å². The second kappa shape index (κ2) is 8.00. The third kappa shape index (κ3) is 3.96. The summed E-state index contributed by atoms with van der Waals surface area (Å²) in [5.41, 5.74) is 3.63. The van der Waals surface area contributed by atoms with Gasteiger partial charge in [0.25, 0.3) is 0 Å². The van der Waals surface area contributed by atoms with E-state index in [1.165, 1.54) is 11.1 Å². The van der Waals surface area contributed by atoms with E-state index < -0.39 is 5.97 Å². The Morgan fingerprint density at radius 3 is 2.85 bits per heavy atom. The van der Waals surface area contributed by atoms with Crippen molar-refractivity contribution in [2.24, 2.45) is 0 Å². The summed E-state index contributed by atoms with van der Waals surface area (Å²) in [6.07, 6.45) is 3.26. The molecule has 0 radical (unpaired) electrons. The summed E-state index contributed by atoms with van der Waals surface area (Å²) in [6.45, 7) is 3.50. The van der Waals surface area contributed by atoms with Crippen molar-refractivity contribution in [2.75, 3.05) is 25.1 Å². The van der Waals surface area contributed by atoms with Gasteiger partial charge in [0.1, 0.15) is 5.75 Å². The molecule has 1 N–H and O–H groups in total. The highest BCUT2D eigenvalue weighted by atomic mass is 35.5. The molecule has 0 amide bonds. The molecule has 2 aromatic carbocycles. The van der Waals surface area contributed by atoms with Crippen molar-refractivity contribution in [2.45, 2.75) is 32.1 Å². The standard InChI is InChI=1S/C21H24ClNO3/c1-3-4-5-14-10-17(22)7-8-18(14)16-12-23(2)19-11-15(21(24)25)6-9-20(19)26-13-16/h6-11,16H,3-5,12-13H2,1-2H3,(H,24,25). The van der Waals surface area contributed by atoms with E-state index in [2.05, 4.69) is 24.0 Å². The molecule has 0 bridgehead atoms. The van der Waals surface area contributed by atoms with Crippen molar-refractivity contribution < 1.29 is 14.6 Å². The SMILES string of the molecule is CCCCc1cc(Cl)ccc1C1COc2ccc(C(=O)O)cc2N(C)C1. The van der Waals surface area contributed by atoms with E-state index in [1.807, 2.05) is 13.1 Å². The number of aryl methyl sites for hydroxylation is 1. The highest BCUT2D eigenvalue weighted by molar-refractivity contribution is 6.30. The van der Waals surface area contributed by atoms with Crippen molar-refractivity contribution >= 4 is 23.3 Å². The fourth-order valence-corrected chi connectivity index (χ4v) is 3.68. The van der Waals surface area contributed by atoms with Crippen LogP contribution >= 0.6 is 11.6 Å². The molecule has 26 heavy (non-hydrogen) atoms. The molecule has 2 aromatic rings. The van der Waals surface area contributed by atoms with Gasteiger partial charge in [-0.3, -0.25) is 0 Å². The third-order valence-corrected chi connectivity index (χ3v) is 5.13. The fourth-order valence-electron chi connectivity index (χ4n) is 3.49. The Morgan fingerprint density at radius 2 is 2.12 bits per heavy atom. The predicted octanol–water partition coefficient (Wildman–Crippen LogP) is 4.99. The molecule has 0 aliphatic carbocycles. The molecule has 1 unspecified atom stereocenters. The highest BCUT2D eigenvalue weighted by Gasteiger charge is 2.25. The number of benzene rings is 2. The van der Waals surface area contributed by atoms with Gasteiger partial charge in [0, 0.05) is 24.5 Å². The molecule has 1 heterocycles. The molecule has 1 aliphatic rings. The van der Waals surface area contributed by atoms with Gasteiger partial charge in [0.05, 0.1) is 17.9 Å². The number of hydrogen-bond donors (Lipinski definition) is 1. The summed E-state index contributed by atoms with van der Waals surface area (Å²) in [5, 5.41) is 10.0. The molecular weight excluding hydrogens is 350 g/mol. The van der Waals surface area contributed by atoms with Crippen LogP contribution in [0.25, 0.3) is 0 Å². The lowest BCUT2D eigenvalue weighted by molar-refractivity contribution is 0.0697. The van der Waals surface area contributed by atoms with Gasteiger partial charge in [-0.15, -0.1) is 0 Å². The Labute approximate surface area is 159 Å². The first kappa shape index (κ1) is 18.6. The Bertz CT molecular complexity index is 806. The molecule has 3 rings (SSSR count). The minimum atomic E-state index is -0.929. The number of hydrogen-bond acceptors (Lipinski definition) is 3. The average Bonchev–Trinajstić information content (AvgIpc) is 2.79. The second-order valence-corrected chi connectivity index (χ2v) is 7.26. The van der Waals surface area contributed by atoms with Gasteiger partial charge in [-0.25, -0.2) is 4.79 Å². The summed E-state index contributed by atoms with van der Waals surface area (Å²) in [7, 11) is 1.98. The van der Waals surface area contributed by atoms with Gasteiger partial charge in [0.15, 0.2) is 0 Å². The molecule has 138 valence electrons. The van der Waals surface area contributed by atoms with Crippen molar-refractivity contribution in [1.29, 1.82) is 0 Å². The topological polar surface area (TPSA) is 49.8 Å². The Hall–Kier alpha value is -2.20. The lowest BCUT2D eigenvalue weighted by Crippen LogP contribution is -2.25. The average molecular weight is 374 g/mol. The monoisotopic (exact) mass is 373 g/mol. The number of ether oxygens (including phenoxy) is 1. The summed E-state index contributed by atoms with van der Waals surface area (Å²) in [5.74, 6) is -0.00424. The zero-order valence-corrected chi connectivity index (χ0v) is 15.9. The second-order valence-electron chi connectivity index (χ2n) is 6.82. The smallest absolute Gasteiger partial charge is 0.335 e. The minimum absolute atomic E-state index is 0.199. The first-order chi connectivity index (χ1) is 12.5. The molecule has 0 aromatic heterocycles. The molecule has 5 heteroatoms. The van der Waals surface area contributed by atoms with E-state index in [9.17, 15) is 9.90 Å². The number of halogens is 1. The quantitative estimate of drug-likeness (QED) is 0.801. The van der Waals surface area contributed by atoms with E-state index >= 15 is 0 Å².